The van der Waals surface area contributed by atoms with Crippen LogP contribution >= 0.6 is 0 Å². The molecule has 2 nitrogen and oxygen atoms in total. The zero-order valence-electron chi connectivity index (χ0n) is 12.8. The number of likely N-dealkylation sites (tertiary alicyclic amines) is 1. The molecule has 1 aromatic carbocycles. The summed E-state index contributed by atoms with van der Waals surface area (Å²) in [7, 11) is 2.22. The molecule has 1 aliphatic rings. The molecule has 0 saturated carbocycles. The lowest BCUT2D eigenvalue weighted by atomic mass is 9.81. The Morgan fingerprint density at radius 1 is 1.21 bits per heavy atom. The zero-order chi connectivity index (χ0) is 13.9. The van der Waals surface area contributed by atoms with E-state index in [0.29, 0.717) is 12.1 Å². The highest BCUT2D eigenvalue weighted by atomic mass is 15.1. The van der Waals surface area contributed by atoms with Gasteiger partial charge in [-0.1, -0.05) is 51.1 Å². The Bertz CT molecular complexity index is 380. The normalized spacial score (nSPS) is 23.3. The maximum absolute atomic E-state index is 3.90. The first-order chi connectivity index (χ1) is 8.97. The number of hydrogen-bond donors (Lipinski definition) is 1. The zero-order valence-corrected chi connectivity index (χ0v) is 12.8. The van der Waals surface area contributed by atoms with Crippen LogP contribution in [0.1, 0.15) is 45.2 Å². The molecule has 1 fully saturated rings. The van der Waals surface area contributed by atoms with E-state index in [9.17, 15) is 0 Å². The van der Waals surface area contributed by atoms with E-state index in [4.69, 9.17) is 0 Å². The molecule has 0 spiro atoms. The summed E-state index contributed by atoms with van der Waals surface area (Å²) in [6.07, 6.45) is 2.60. The fraction of sp³-hybridized carbons (Fsp3) is 0.647. The lowest BCUT2D eigenvalue weighted by Crippen LogP contribution is -2.47. The average Bonchev–Trinajstić information content (AvgIpc) is 2.36. The number of hydrogen-bond acceptors (Lipinski definition) is 2. The topological polar surface area (TPSA) is 15.3 Å². The minimum absolute atomic E-state index is 0.234. The van der Waals surface area contributed by atoms with Crippen molar-refractivity contribution < 1.29 is 0 Å². The number of rotatable bonds is 3. The van der Waals surface area contributed by atoms with Crippen molar-refractivity contribution in [3.8, 4) is 0 Å². The second kappa shape index (κ2) is 6.06. The summed E-state index contributed by atoms with van der Waals surface area (Å²) in [4.78, 5) is 2.44. The predicted octanol–water partition coefficient (Wildman–Crippen LogP) is 3.46. The van der Waals surface area contributed by atoms with E-state index in [0.717, 1.165) is 0 Å². The third kappa shape index (κ3) is 4.05. The van der Waals surface area contributed by atoms with Crippen molar-refractivity contribution in [2.45, 2.75) is 45.7 Å². The Hall–Kier alpha value is -0.860. The maximum atomic E-state index is 3.90. The first-order valence-electron chi connectivity index (χ1n) is 7.46. The number of nitrogens with one attached hydrogen (secondary N) is 1. The van der Waals surface area contributed by atoms with Gasteiger partial charge in [-0.05, 0) is 37.4 Å². The average molecular weight is 260 g/mol. The molecule has 0 bridgehead atoms. The third-order valence-corrected chi connectivity index (χ3v) is 4.03. The number of nitrogens with zero attached hydrogens (tertiary/aromatic N) is 1. The molecule has 1 aromatic rings. The van der Waals surface area contributed by atoms with Crippen LogP contribution in [0.5, 0.6) is 0 Å². The van der Waals surface area contributed by atoms with E-state index in [2.05, 4.69) is 68.4 Å². The molecule has 1 saturated heterocycles. The summed E-state index contributed by atoms with van der Waals surface area (Å²) in [6, 6.07) is 11.9. The molecule has 19 heavy (non-hydrogen) atoms. The van der Waals surface area contributed by atoms with Gasteiger partial charge in [0.2, 0.25) is 0 Å². The van der Waals surface area contributed by atoms with Crippen LogP contribution in [0.25, 0.3) is 0 Å². The summed E-state index contributed by atoms with van der Waals surface area (Å²) in [5, 5.41) is 3.90. The van der Waals surface area contributed by atoms with Crippen molar-refractivity contribution in [2.75, 3.05) is 20.1 Å². The van der Waals surface area contributed by atoms with Crippen molar-refractivity contribution in [1.29, 1.82) is 0 Å². The standard InChI is InChI=1S/C17H28N2/c1-17(2,3)16(14-9-6-5-7-10-14)18-15-11-8-12-19(4)13-15/h5-7,9-10,15-16,18H,8,11-13H2,1-4H3. The smallest absolute Gasteiger partial charge is 0.0371 e. The van der Waals surface area contributed by atoms with Crippen LogP contribution in [0.2, 0.25) is 0 Å². The summed E-state index contributed by atoms with van der Waals surface area (Å²) in [5.41, 5.74) is 1.64. The van der Waals surface area contributed by atoms with Crippen molar-refractivity contribution in [2.24, 2.45) is 5.41 Å². The van der Waals surface area contributed by atoms with Gasteiger partial charge in [-0.25, -0.2) is 0 Å². The summed E-state index contributed by atoms with van der Waals surface area (Å²) in [5.74, 6) is 0. The van der Waals surface area contributed by atoms with Crippen LogP contribution in [-0.4, -0.2) is 31.1 Å². The molecule has 0 radical (unpaired) electrons. The lowest BCUT2D eigenvalue weighted by Gasteiger charge is -2.38. The van der Waals surface area contributed by atoms with E-state index < -0.39 is 0 Å². The maximum Gasteiger partial charge on any atom is 0.0371 e. The third-order valence-electron chi connectivity index (χ3n) is 4.03. The molecule has 1 heterocycles. The Labute approximate surface area is 118 Å². The van der Waals surface area contributed by atoms with Gasteiger partial charge < -0.3 is 10.2 Å². The number of benzene rings is 1. The molecule has 2 atom stereocenters. The van der Waals surface area contributed by atoms with Gasteiger partial charge in [0.15, 0.2) is 0 Å². The first kappa shape index (κ1) is 14.5. The van der Waals surface area contributed by atoms with Crippen molar-refractivity contribution in [3.63, 3.8) is 0 Å². The van der Waals surface area contributed by atoms with Crippen molar-refractivity contribution in [3.05, 3.63) is 35.9 Å². The second-order valence-corrected chi connectivity index (χ2v) is 6.98. The van der Waals surface area contributed by atoms with E-state index in [1.165, 1.54) is 31.5 Å². The van der Waals surface area contributed by atoms with Crippen LogP contribution in [0, 0.1) is 5.41 Å². The Balaban J connectivity index is 2.11. The fourth-order valence-corrected chi connectivity index (χ4v) is 3.03. The first-order valence-corrected chi connectivity index (χ1v) is 7.46. The van der Waals surface area contributed by atoms with Crippen LogP contribution in [0.15, 0.2) is 30.3 Å². The Kier molecular flexibility index (Phi) is 4.64. The minimum atomic E-state index is 0.234. The molecule has 0 aliphatic carbocycles. The molecule has 106 valence electrons. The summed E-state index contributed by atoms with van der Waals surface area (Å²) >= 11 is 0. The fourth-order valence-electron chi connectivity index (χ4n) is 3.03. The van der Waals surface area contributed by atoms with Crippen LogP contribution in [0.4, 0.5) is 0 Å². The molecule has 2 unspecified atom stereocenters. The van der Waals surface area contributed by atoms with Crippen LogP contribution in [0.3, 0.4) is 0 Å². The second-order valence-electron chi connectivity index (χ2n) is 6.98. The molecule has 0 amide bonds. The molecule has 1 N–H and O–H groups in total. The van der Waals surface area contributed by atoms with Crippen LogP contribution in [-0.2, 0) is 0 Å². The monoisotopic (exact) mass is 260 g/mol. The summed E-state index contributed by atoms with van der Waals surface area (Å²) < 4.78 is 0. The van der Waals surface area contributed by atoms with Gasteiger partial charge in [0, 0.05) is 18.6 Å². The molecule has 2 heteroatoms. The van der Waals surface area contributed by atoms with E-state index >= 15 is 0 Å². The highest BCUT2D eigenvalue weighted by Crippen LogP contribution is 2.33. The SMILES string of the molecule is CN1CCCC(NC(c2ccccc2)C(C)(C)C)C1. The minimum Gasteiger partial charge on any atom is -0.305 e. The molecule has 2 rings (SSSR count). The van der Waals surface area contributed by atoms with Gasteiger partial charge >= 0.3 is 0 Å². The lowest BCUT2D eigenvalue weighted by molar-refractivity contribution is 0.179. The van der Waals surface area contributed by atoms with Crippen LogP contribution < -0.4 is 5.32 Å². The van der Waals surface area contributed by atoms with Gasteiger partial charge in [-0.15, -0.1) is 0 Å². The predicted molar refractivity (Wildman–Crippen MR) is 82.3 cm³/mol. The van der Waals surface area contributed by atoms with Crippen molar-refractivity contribution >= 4 is 0 Å². The highest BCUT2D eigenvalue weighted by Gasteiger charge is 2.29. The Morgan fingerprint density at radius 2 is 1.89 bits per heavy atom. The van der Waals surface area contributed by atoms with E-state index in [1.54, 1.807) is 0 Å². The van der Waals surface area contributed by atoms with Gasteiger partial charge in [0.1, 0.15) is 0 Å². The van der Waals surface area contributed by atoms with Crippen molar-refractivity contribution in [1.82, 2.24) is 10.2 Å². The molecule has 1 aliphatic heterocycles. The van der Waals surface area contributed by atoms with Gasteiger partial charge in [0.05, 0.1) is 0 Å². The molecule has 0 aromatic heterocycles. The highest BCUT2D eigenvalue weighted by molar-refractivity contribution is 5.21. The quantitative estimate of drug-likeness (QED) is 0.895. The molecular formula is C17H28N2. The largest absolute Gasteiger partial charge is 0.305 e. The Morgan fingerprint density at radius 3 is 2.47 bits per heavy atom. The van der Waals surface area contributed by atoms with Gasteiger partial charge in [-0.3, -0.25) is 0 Å². The number of likely N-dealkylation sites (N-methyl/N-ethyl adjacent to an activating group) is 1. The summed E-state index contributed by atoms with van der Waals surface area (Å²) in [6.45, 7) is 9.38. The van der Waals surface area contributed by atoms with E-state index in [-0.39, 0.29) is 5.41 Å². The molecular weight excluding hydrogens is 232 g/mol. The number of piperidine rings is 1. The van der Waals surface area contributed by atoms with Gasteiger partial charge in [-0.2, -0.15) is 0 Å². The van der Waals surface area contributed by atoms with E-state index in [1.807, 2.05) is 0 Å². The van der Waals surface area contributed by atoms with Gasteiger partial charge in [0.25, 0.3) is 0 Å².